The Bertz CT molecular complexity index is 954. The second kappa shape index (κ2) is 9.14. The van der Waals surface area contributed by atoms with E-state index in [4.69, 9.17) is 21.1 Å². The van der Waals surface area contributed by atoms with Gasteiger partial charge in [-0.2, -0.15) is 10.1 Å². The van der Waals surface area contributed by atoms with Crippen LogP contribution in [0.2, 0.25) is 5.02 Å². The van der Waals surface area contributed by atoms with Crippen molar-refractivity contribution in [2.45, 2.75) is 40.2 Å². The summed E-state index contributed by atoms with van der Waals surface area (Å²) in [5, 5.41) is 6.27. The van der Waals surface area contributed by atoms with Gasteiger partial charge < -0.3 is 9.47 Å². The number of nitrogens with zero attached hydrogens (tertiary/aromatic N) is 2. The second-order valence-electron chi connectivity index (χ2n) is 6.80. The van der Waals surface area contributed by atoms with Crippen molar-refractivity contribution < 1.29 is 14.3 Å². The molecule has 6 heteroatoms. The Balaban J connectivity index is 1.95. The number of anilines is 1. The maximum Gasteiger partial charge on any atom is 0.280 e. The van der Waals surface area contributed by atoms with Gasteiger partial charge in [0.1, 0.15) is 0 Å². The first kappa shape index (κ1) is 20.9. The van der Waals surface area contributed by atoms with Gasteiger partial charge in [-0.3, -0.25) is 4.79 Å². The molecule has 2 aromatic carbocycles. The summed E-state index contributed by atoms with van der Waals surface area (Å²) in [6, 6.07) is 13.0. The number of para-hydroxylation sites is 1. The maximum atomic E-state index is 12.9. The SMILES string of the molecule is CCOc1cc(/C=C2/C(=O)N(c3ccccc3)N=C2C)cc(Cl)c1O[C@@H](C)CC. The average Bonchev–Trinajstić information content (AvgIpc) is 2.99. The quantitative estimate of drug-likeness (QED) is 0.546. The number of halogens is 1. The Kier molecular flexibility index (Phi) is 6.60. The monoisotopic (exact) mass is 412 g/mol. The lowest BCUT2D eigenvalue weighted by atomic mass is 10.1. The lowest BCUT2D eigenvalue weighted by Gasteiger charge is -2.18. The second-order valence-corrected chi connectivity index (χ2v) is 7.20. The van der Waals surface area contributed by atoms with Crippen LogP contribution in [0.4, 0.5) is 5.69 Å². The summed E-state index contributed by atoms with van der Waals surface area (Å²) in [5.74, 6) is 0.911. The number of benzene rings is 2. The van der Waals surface area contributed by atoms with E-state index in [0.717, 1.165) is 17.7 Å². The van der Waals surface area contributed by atoms with Crippen molar-refractivity contribution in [1.82, 2.24) is 0 Å². The Morgan fingerprint density at radius 3 is 2.59 bits per heavy atom. The molecule has 3 rings (SSSR count). The van der Waals surface area contributed by atoms with E-state index in [2.05, 4.69) is 5.10 Å². The minimum atomic E-state index is -0.178. The molecular weight excluding hydrogens is 388 g/mol. The molecule has 2 aromatic rings. The molecule has 1 atom stereocenters. The van der Waals surface area contributed by atoms with E-state index in [0.29, 0.717) is 34.4 Å². The molecule has 152 valence electrons. The van der Waals surface area contributed by atoms with Crippen LogP contribution in [-0.4, -0.2) is 24.3 Å². The third-order valence-corrected chi connectivity index (χ3v) is 4.88. The number of rotatable bonds is 7. The van der Waals surface area contributed by atoms with Crippen LogP contribution in [0, 0.1) is 0 Å². The lowest BCUT2D eigenvalue weighted by molar-refractivity contribution is -0.114. The molecule has 0 aliphatic carbocycles. The highest BCUT2D eigenvalue weighted by Gasteiger charge is 2.28. The van der Waals surface area contributed by atoms with E-state index in [1.807, 2.05) is 64.1 Å². The van der Waals surface area contributed by atoms with E-state index in [1.54, 1.807) is 12.1 Å². The van der Waals surface area contributed by atoms with Crippen LogP contribution in [-0.2, 0) is 4.79 Å². The summed E-state index contributed by atoms with van der Waals surface area (Å²) in [7, 11) is 0. The summed E-state index contributed by atoms with van der Waals surface area (Å²) in [6.07, 6.45) is 2.65. The molecular formula is C23H25ClN2O3. The van der Waals surface area contributed by atoms with Gasteiger partial charge in [-0.05, 0) is 63.1 Å². The average molecular weight is 413 g/mol. The first-order chi connectivity index (χ1) is 13.9. The summed E-state index contributed by atoms with van der Waals surface area (Å²) in [5.41, 5.74) is 2.64. The zero-order valence-corrected chi connectivity index (χ0v) is 17.9. The number of amides is 1. The van der Waals surface area contributed by atoms with E-state index in [9.17, 15) is 4.79 Å². The molecule has 0 unspecified atom stereocenters. The number of carbonyl (C=O) groups excluding carboxylic acids is 1. The smallest absolute Gasteiger partial charge is 0.280 e. The van der Waals surface area contributed by atoms with Crippen molar-refractivity contribution in [3.05, 3.63) is 58.6 Å². The van der Waals surface area contributed by atoms with Crippen molar-refractivity contribution in [2.24, 2.45) is 5.10 Å². The molecule has 1 aliphatic rings. The third kappa shape index (κ3) is 4.62. The fourth-order valence-corrected chi connectivity index (χ4v) is 3.19. The van der Waals surface area contributed by atoms with Crippen LogP contribution in [0.15, 0.2) is 53.1 Å². The van der Waals surface area contributed by atoms with Crippen LogP contribution >= 0.6 is 11.6 Å². The highest BCUT2D eigenvalue weighted by Crippen LogP contribution is 2.38. The van der Waals surface area contributed by atoms with Crippen LogP contribution in [0.1, 0.15) is 39.7 Å². The molecule has 0 bridgehead atoms. The first-order valence-corrected chi connectivity index (χ1v) is 10.1. The Morgan fingerprint density at radius 1 is 1.21 bits per heavy atom. The topological polar surface area (TPSA) is 51.1 Å². The molecule has 0 saturated carbocycles. The van der Waals surface area contributed by atoms with Crippen LogP contribution < -0.4 is 14.5 Å². The van der Waals surface area contributed by atoms with Crippen LogP contribution in [0.5, 0.6) is 11.5 Å². The molecule has 0 aromatic heterocycles. The number of ether oxygens (including phenoxy) is 2. The first-order valence-electron chi connectivity index (χ1n) is 9.74. The fraction of sp³-hybridized carbons (Fsp3) is 0.304. The summed E-state index contributed by atoms with van der Waals surface area (Å²) >= 11 is 6.49. The molecule has 29 heavy (non-hydrogen) atoms. The Morgan fingerprint density at radius 2 is 1.93 bits per heavy atom. The normalized spacial score (nSPS) is 16.2. The van der Waals surface area contributed by atoms with Crippen molar-refractivity contribution in [3.63, 3.8) is 0 Å². The molecule has 0 fully saturated rings. The van der Waals surface area contributed by atoms with Crippen molar-refractivity contribution in [3.8, 4) is 11.5 Å². The van der Waals surface area contributed by atoms with Crippen molar-refractivity contribution in [1.29, 1.82) is 0 Å². The Hall–Kier alpha value is -2.79. The minimum absolute atomic E-state index is 0.0149. The van der Waals surface area contributed by atoms with Gasteiger partial charge >= 0.3 is 0 Å². The largest absolute Gasteiger partial charge is 0.490 e. The Labute approximate surface area is 176 Å². The molecule has 1 aliphatic heterocycles. The zero-order valence-electron chi connectivity index (χ0n) is 17.1. The van der Waals surface area contributed by atoms with Crippen LogP contribution in [0.3, 0.4) is 0 Å². The van der Waals surface area contributed by atoms with Crippen molar-refractivity contribution in [2.75, 3.05) is 11.6 Å². The van der Waals surface area contributed by atoms with E-state index >= 15 is 0 Å². The zero-order chi connectivity index (χ0) is 21.0. The van der Waals surface area contributed by atoms with Crippen molar-refractivity contribution >= 4 is 35.0 Å². The van der Waals surface area contributed by atoms with Gasteiger partial charge in [-0.15, -0.1) is 0 Å². The van der Waals surface area contributed by atoms with Crippen LogP contribution in [0.25, 0.3) is 6.08 Å². The molecule has 0 N–H and O–H groups in total. The maximum absolute atomic E-state index is 12.9. The van der Waals surface area contributed by atoms with Gasteiger partial charge in [0, 0.05) is 0 Å². The summed E-state index contributed by atoms with van der Waals surface area (Å²) in [4.78, 5) is 12.9. The standard InChI is InChI=1S/C23H25ClN2O3/c1-5-15(3)29-22-20(24)13-17(14-21(22)28-6-2)12-19-16(4)25-26(23(19)27)18-10-8-7-9-11-18/h7-15H,5-6H2,1-4H3/b19-12+/t15-/m0/s1. The predicted octanol–water partition coefficient (Wildman–Crippen LogP) is 5.72. The van der Waals surface area contributed by atoms with Gasteiger partial charge in [0.15, 0.2) is 11.5 Å². The number of carbonyl (C=O) groups is 1. The van der Waals surface area contributed by atoms with Gasteiger partial charge in [0.25, 0.3) is 5.91 Å². The van der Waals surface area contributed by atoms with Gasteiger partial charge in [0.2, 0.25) is 0 Å². The van der Waals surface area contributed by atoms with E-state index < -0.39 is 0 Å². The summed E-state index contributed by atoms with van der Waals surface area (Å²) < 4.78 is 11.7. The molecule has 5 nitrogen and oxygen atoms in total. The van der Waals surface area contributed by atoms with E-state index in [-0.39, 0.29) is 12.0 Å². The summed E-state index contributed by atoms with van der Waals surface area (Å²) in [6.45, 7) is 8.23. The van der Waals surface area contributed by atoms with Gasteiger partial charge in [0.05, 0.1) is 34.7 Å². The number of hydrogen-bond donors (Lipinski definition) is 0. The van der Waals surface area contributed by atoms with E-state index in [1.165, 1.54) is 5.01 Å². The molecule has 0 saturated heterocycles. The fourth-order valence-electron chi connectivity index (χ4n) is 2.93. The predicted molar refractivity (Wildman–Crippen MR) is 118 cm³/mol. The van der Waals surface area contributed by atoms with Gasteiger partial charge in [-0.1, -0.05) is 36.7 Å². The third-order valence-electron chi connectivity index (χ3n) is 4.60. The highest BCUT2D eigenvalue weighted by molar-refractivity contribution is 6.33. The number of hydrazone groups is 1. The van der Waals surface area contributed by atoms with Gasteiger partial charge in [-0.25, -0.2) is 0 Å². The molecule has 1 heterocycles. The highest BCUT2D eigenvalue weighted by atomic mass is 35.5. The molecule has 0 spiro atoms. The molecule has 0 radical (unpaired) electrons. The molecule has 1 amide bonds. The lowest BCUT2D eigenvalue weighted by Crippen LogP contribution is -2.21. The number of hydrogen-bond acceptors (Lipinski definition) is 4. The minimum Gasteiger partial charge on any atom is -0.490 e.